The molecule has 0 radical (unpaired) electrons. The molecule has 2 fully saturated rings. The van der Waals surface area contributed by atoms with E-state index in [-0.39, 0.29) is 46.3 Å². The van der Waals surface area contributed by atoms with Crippen LogP contribution in [0.25, 0.3) is 0 Å². The molecule has 8 nitrogen and oxygen atoms in total. The number of imide groups is 1. The first-order valence-electron chi connectivity index (χ1n) is 9.76. The average Bonchev–Trinajstić information content (AvgIpc) is 3.34. The lowest BCUT2D eigenvalue weighted by Gasteiger charge is -2.17. The Morgan fingerprint density at radius 1 is 0.933 bits per heavy atom. The molecule has 0 spiro atoms. The Morgan fingerprint density at radius 3 is 2.00 bits per heavy atom. The molecule has 30 heavy (non-hydrogen) atoms. The number of hydrogen-bond donors (Lipinski definition) is 1. The van der Waals surface area contributed by atoms with E-state index in [2.05, 4.69) is 14.7 Å². The van der Waals surface area contributed by atoms with Crippen LogP contribution in [0.1, 0.15) is 17.8 Å². The summed E-state index contributed by atoms with van der Waals surface area (Å²) in [4.78, 5) is 35.2. The maximum Gasteiger partial charge on any atom is 0.264 e. The number of allylic oxidation sites excluding steroid dienone is 2. The van der Waals surface area contributed by atoms with E-state index in [1.807, 2.05) is 12.2 Å². The van der Waals surface area contributed by atoms with Crippen LogP contribution in [-0.4, -0.2) is 30.2 Å². The summed E-state index contributed by atoms with van der Waals surface area (Å²) >= 11 is 0. The van der Waals surface area contributed by atoms with Crippen LogP contribution in [0.5, 0.6) is 0 Å². The standard InChI is InChI=1S/C21H20N4O4S/c1-11-9-12(2)23-21(22-11)24-30(28,29)16-7-5-15(6-8-16)25-19(26)17-13-3-4-14(10-13)18(17)20(25)27/h3-9,13-14,17-18H,10H2,1-2H3,(H,22,23,24)/t13-,14+,17-,18-/m0/s1. The Morgan fingerprint density at radius 2 is 1.47 bits per heavy atom. The molecule has 1 N–H and O–H groups in total. The van der Waals surface area contributed by atoms with Gasteiger partial charge in [-0.1, -0.05) is 12.2 Å². The lowest BCUT2D eigenvalue weighted by molar-refractivity contribution is -0.123. The molecular formula is C21H20N4O4S. The number of aryl methyl sites for hydroxylation is 2. The van der Waals surface area contributed by atoms with Gasteiger partial charge in [-0.15, -0.1) is 0 Å². The smallest absolute Gasteiger partial charge is 0.264 e. The second-order valence-corrected chi connectivity index (χ2v) is 9.77. The molecule has 2 heterocycles. The molecule has 2 aliphatic carbocycles. The predicted octanol–water partition coefficient (Wildman–Crippen LogP) is 2.21. The number of nitrogens with zero attached hydrogens (tertiary/aromatic N) is 3. The molecular weight excluding hydrogens is 404 g/mol. The zero-order valence-electron chi connectivity index (χ0n) is 16.4. The summed E-state index contributed by atoms with van der Waals surface area (Å²) in [6, 6.07) is 7.48. The van der Waals surface area contributed by atoms with Crippen molar-refractivity contribution in [2.45, 2.75) is 25.2 Å². The van der Waals surface area contributed by atoms with E-state index < -0.39 is 10.0 Å². The second-order valence-electron chi connectivity index (χ2n) is 8.09. The van der Waals surface area contributed by atoms with Gasteiger partial charge in [-0.05, 0) is 62.4 Å². The second kappa shape index (κ2) is 6.46. The Labute approximate surface area is 174 Å². The van der Waals surface area contributed by atoms with Gasteiger partial charge < -0.3 is 0 Å². The first-order valence-corrected chi connectivity index (χ1v) is 11.2. The maximum absolute atomic E-state index is 12.9. The number of fused-ring (bicyclic) bond motifs is 5. The third-order valence-corrected chi connectivity index (χ3v) is 7.43. The minimum Gasteiger partial charge on any atom is -0.274 e. The lowest BCUT2D eigenvalue weighted by atomic mass is 9.85. The number of rotatable bonds is 4. The number of hydrogen-bond acceptors (Lipinski definition) is 6. The topological polar surface area (TPSA) is 109 Å². The van der Waals surface area contributed by atoms with E-state index in [0.717, 1.165) is 6.42 Å². The van der Waals surface area contributed by atoms with Crippen molar-refractivity contribution in [3.8, 4) is 0 Å². The van der Waals surface area contributed by atoms with Crippen LogP contribution in [0, 0.1) is 37.5 Å². The van der Waals surface area contributed by atoms with Crippen LogP contribution >= 0.6 is 0 Å². The van der Waals surface area contributed by atoms with Crippen molar-refractivity contribution in [3.63, 3.8) is 0 Å². The van der Waals surface area contributed by atoms with Gasteiger partial charge in [-0.3, -0.25) is 14.5 Å². The first kappa shape index (κ1) is 18.9. The van der Waals surface area contributed by atoms with E-state index in [1.165, 1.54) is 29.2 Å². The number of anilines is 2. The Hall–Kier alpha value is -3.07. The van der Waals surface area contributed by atoms with E-state index in [0.29, 0.717) is 17.1 Å². The molecule has 1 saturated heterocycles. The van der Waals surface area contributed by atoms with Crippen molar-refractivity contribution in [2.24, 2.45) is 23.7 Å². The van der Waals surface area contributed by atoms with E-state index in [4.69, 9.17) is 0 Å². The minimum atomic E-state index is -3.91. The van der Waals surface area contributed by atoms with Crippen molar-refractivity contribution < 1.29 is 18.0 Å². The molecule has 2 amide bonds. The highest BCUT2D eigenvalue weighted by atomic mass is 32.2. The molecule has 1 aromatic carbocycles. The Kier molecular flexibility index (Phi) is 4.08. The van der Waals surface area contributed by atoms with E-state index in [1.54, 1.807) is 19.9 Å². The van der Waals surface area contributed by atoms with Gasteiger partial charge in [-0.25, -0.2) is 23.1 Å². The maximum atomic E-state index is 12.9. The number of amides is 2. The average molecular weight is 424 g/mol. The summed E-state index contributed by atoms with van der Waals surface area (Å²) in [5.74, 6) is -0.722. The summed E-state index contributed by atoms with van der Waals surface area (Å²) in [5.41, 5.74) is 1.69. The van der Waals surface area contributed by atoms with Crippen LogP contribution in [0.3, 0.4) is 0 Å². The van der Waals surface area contributed by atoms with Crippen molar-refractivity contribution in [1.82, 2.24) is 9.97 Å². The van der Waals surface area contributed by atoms with Crippen LogP contribution in [0.2, 0.25) is 0 Å². The van der Waals surface area contributed by atoms with Gasteiger partial charge in [0, 0.05) is 11.4 Å². The molecule has 0 unspecified atom stereocenters. The normalized spacial score (nSPS) is 27.1. The van der Waals surface area contributed by atoms with E-state index >= 15 is 0 Å². The number of aromatic nitrogens is 2. The number of sulfonamides is 1. The molecule has 2 aromatic rings. The third kappa shape index (κ3) is 2.84. The highest BCUT2D eigenvalue weighted by molar-refractivity contribution is 7.92. The molecule has 154 valence electrons. The molecule has 3 aliphatic rings. The third-order valence-electron chi connectivity index (χ3n) is 6.08. The SMILES string of the molecule is Cc1cc(C)nc(NS(=O)(=O)c2ccc(N3C(=O)[C@@H]4[C@@H](C3=O)[C@H]3C=C[C@@H]4C3)cc2)n1. The van der Waals surface area contributed by atoms with Crippen LogP contribution in [0.4, 0.5) is 11.6 Å². The summed E-state index contributed by atoms with van der Waals surface area (Å²) in [7, 11) is -3.91. The van der Waals surface area contributed by atoms with Crippen molar-refractivity contribution >= 4 is 33.5 Å². The van der Waals surface area contributed by atoms with Crippen molar-refractivity contribution in [2.75, 3.05) is 9.62 Å². The summed E-state index contributed by atoms with van der Waals surface area (Å²) < 4.78 is 27.8. The predicted molar refractivity (Wildman–Crippen MR) is 109 cm³/mol. The van der Waals surface area contributed by atoms with Gasteiger partial charge in [0.15, 0.2) is 0 Å². The quantitative estimate of drug-likeness (QED) is 0.595. The fourth-order valence-electron chi connectivity index (χ4n) is 4.88. The van der Waals surface area contributed by atoms with Crippen LogP contribution in [0.15, 0.2) is 47.4 Å². The van der Waals surface area contributed by atoms with Gasteiger partial charge in [0.2, 0.25) is 17.8 Å². The zero-order valence-corrected chi connectivity index (χ0v) is 17.3. The highest BCUT2D eigenvalue weighted by Crippen LogP contribution is 2.53. The molecule has 9 heteroatoms. The van der Waals surface area contributed by atoms with E-state index in [9.17, 15) is 18.0 Å². The fraction of sp³-hybridized carbons (Fsp3) is 0.333. The molecule has 1 aromatic heterocycles. The monoisotopic (exact) mass is 424 g/mol. The molecule has 2 bridgehead atoms. The molecule has 4 atom stereocenters. The number of nitrogens with one attached hydrogen (secondary N) is 1. The van der Waals surface area contributed by atoms with Crippen LogP contribution < -0.4 is 9.62 Å². The van der Waals surface area contributed by atoms with Gasteiger partial charge in [0.1, 0.15) is 0 Å². The fourth-order valence-corrected chi connectivity index (χ4v) is 5.83. The molecule has 5 rings (SSSR count). The zero-order chi connectivity index (χ0) is 21.2. The van der Waals surface area contributed by atoms with Crippen LogP contribution in [-0.2, 0) is 19.6 Å². The molecule has 1 saturated carbocycles. The van der Waals surface area contributed by atoms with Gasteiger partial charge in [0.25, 0.3) is 10.0 Å². The number of carbonyl (C=O) groups excluding carboxylic acids is 2. The van der Waals surface area contributed by atoms with Crippen molar-refractivity contribution in [3.05, 3.63) is 53.9 Å². The Bertz CT molecular complexity index is 1160. The van der Waals surface area contributed by atoms with Gasteiger partial charge in [-0.2, -0.15) is 0 Å². The van der Waals surface area contributed by atoms with Gasteiger partial charge in [0.05, 0.1) is 22.4 Å². The highest BCUT2D eigenvalue weighted by Gasteiger charge is 2.59. The summed E-state index contributed by atoms with van der Waals surface area (Å²) in [6.45, 7) is 3.50. The summed E-state index contributed by atoms with van der Waals surface area (Å²) in [5, 5.41) is 0. The number of benzene rings is 1. The number of carbonyl (C=O) groups is 2. The van der Waals surface area contributed by atoms with Crippen molar-refractivity contribution in [1.29, 1.82) is 0 Å². The lowest BCUT2D eigenvalue weighted by Crippen LogP contribution is -2.32. The summed E-state index contributed by atoms with van der Waals surface area (Å²) in [6.07, 6.45) is 4.94. The largest absolute Gasteiger partial charge is 0.274 e. The van der Waals surface area contributed by atoms with Gasteiger partial charge >= 0.3 is 0 Å². The Balaban J connectivity index is 1.39. The minimum absolute atomic E-state index is 0.00252. The molecule has 1 aliphatic heterocycles. The first-order chi connectivity index (χ1) is 14.2.